The molecule has 0 aliphatic carbocycles. The van der Waals surface area contributed by atoms with Gasteiger partial charge in [0.05, 0.1) is 24.3 Å². The largest absolute Gasteiger partial charge is 0.377 e. The van der Waals surface area contributed by atoms with E-state index in [9.17, 15) is 0 Å². The molecular weight excluding hydrogens is 224 g/mol. The van der Waals surface area contributed by atoms with E-state index in [1.807, 2.05) is 19.3 Å². The van der Waals surface area contributed by atoms with Crippen LogP contribution in [0.15, 0.2) is 36.5 Å². The lowest BCUT2D eigenvalue weighted by Crippen LogP contribution is -2.23. The fraction of sp³-hybridized carbons (Fsp3) is 0.400. The quantitative estimate of drug-likeness (QED) is 0.878. The molecule has 0 bridgehead atoms. The summed E-state index contributed by atoms with van der Waals surface area (Å²) in [5, 5.41) is 4.45. The number of likely N-dealkylation sites (N-methyl/N-ethyl adjacent to an activating group) is 1. The molecule has 3 nitrogen and oxygen atoms in total. The highest BCUT2D eigenvalue weighted by Crippen LogP contribution is 2.19. The van der Waals surface area contributed by atoms with Crippen LogP contribution in [0.2, 0.25) is 0 Å². The Morgan fingerprint density at radius 2 is 2.11 bits per heavy atom. The van der Waals surface area contributed by atoms with Crippen molar-refractivity contribution < 1.29 is 4.74 Å². The lowest BCUT2D eigenvalue weighted by molar-refractivity contribution is 0.0626. The molecule has 1 heterocycles. The molecule has 2 rings (SSSR count). The maximum Gasteiger partial charge on any atom is 0.0705 e. The van der Waals surface area contributed by atoms with Crippen LogP contribution < -0.4 is 5.32 Å². The second kappa shape index (κ2) is 5.94. The Balaban J connectivity index is 2.22. The van der Waals surface area contributed by atoms with E-state index in [1.54, 1.807) is 0 Å². The van der Waals surface area contributed by atoms with Gasteiger partial charge in [-0.3, -0.25) is 4.98 Å². The summed E-state index contributed by atoms with van der Waals surface area (Å²) in [6.07, 6.45) is 2.07. The number of pyridine rings is 1. The van der Waals surface area contributed by atoms with E-state index < -0.39 is 0 Å². The van der Waals surface area contributed by atoms with Crippen LogP contribution in [0.3, 0.4) is 0 Å². The van der Waals surface area contributed by atoms with Crippen molar-refractivity contribution in [2.45, 2.75) is 26.0 Å². The van der Waals surface area contributed by atoms with Crippen molar-refractivity contribution in [3.8, 4) is 0 Å². The van der Waals surface area contributed by atoms with Crippen molar-refractivity contribution in [3.63, 3.8) is 0 Å². The monoisotopic (exact) mass is 244 g/mol. The number of rotatable bonds is 5. The molecule has 1 aromatic carbocycles. The molecule has 0 radical (unpaired) electrons. The van der Waals surface area contributed by atoms with Gasteiger partial charge in [-0.05, 0) is 38.6 Å². The van der Waals surface area contributed by atoms with Gasteiger partial charge in [0.1, 0.15) is 0 Å². The van der Waals surface area contributed by atoms with Crippen molar-refractivity contribution in [1.82, 2.24) is 10.3 Å². The third-order valence-corrected chi connectivity index (χ3v) is 2.98. The van der Waals surface area contributed by atoms with Crippen LogP contribution in [0.5, 0.6) is 0 Å². The van der Waals surface area contributed by atoms with E-state index in [4.69, 9.17) is 4.74 Å². The third kappa shape index (κ3) is 3.06. The number of nitrogens with zero attached hydrogens (tertiary/aromatic N) is 1. The van der Waals surface area contributed by atoms with E-state index >= 15 is 0 Å². The maximum atomic E-state index is 5.68. The van der Waals surface area contributed by atoms with Crippen LogP contribution in [0, 0.1) is 0 Å². The van der Waals surface area contributed by atoms with Crippen LogP contribution >= 0.6 is 0 Å². The summed E-state index contributed by atoms with van der Waals surface area (Å²) in [4.78, 5) is 4.39. The second-order valence-electron chi connectivity index (χ2n) is 4.68. The predicted octanol–water partition coefficient (Wildman–Crippen LogP) is 2.92. The van der Waals surface area contributed by atoms with Crippen LogP contribution in [0.25, 0.3) is 10.9 Å². The normalized spacial score (nSPS) is 13.1. The van der Waals surface area contributed by atoms with Gasteiger partial charge >= 0.3 is 0 Å². The third-order valence-electron chi connectivity index (χ3n) is 2.98. The molecule has 0 fully saturated rings. The number of benzene rings is 1. The first-order valence-electron chi connectivity index (χ1n) is 6.34. The van der Waals surface area contributed by atoms with E-state index in [-0.39, 0.29) is 12.1 Å². The van der Waals surface area contributed by atoms with E-state index in [0.717, 1.165) is 5.52 Å². The maximum absolute atomic E-state index is 5.68. The van der Waals surface area contributed by atoms with Crippen LogP contribution in [0.1, 0.15) is 25.5 Å². The Morgan fingerprint density at radius 3 is 2.83 bits per heavy atom. The molecule has 1 aromatic heterocycles. The zero-order chi connectivity index (χ0) is 13.0. The Kier molecular flexibility index (Phi) is 4.28. The lowest BCUT2D eigenvalue weighted by atomic mass is 10.1. The van der Waals surface area contributed by atoms with Gasteiger partial charge in [-0.1, -0.05) is 18.2 Å². The lowest BCUT2D eigenvalue weighted by Gasteiger charge is -2.18. The molecule has 1 atom stereocenters. The van der Waals surface area contributed by atoms with Crippen molar-refractivity contribution in [1.29, 1.82) is 0 Å². The fourth-order valence-electron chi connectivity index (χ4n) is 1.94. The minimum atomic E-state index is 0.207. The van der Waals surface area contributed by atoms with Gasteiger partial charge in [-0.15, -0.1) is 0 Å². The van der Waals surface area contributed by atoms with Crippen LogP contribution in [0.4, 0.5) is 0 Å². The number of ether oxygens (including phenoxy) is 1. The van der Waals surface area contributed by atoms with Crippen molar-refractivity contribution in [3.05, 3.63) is 42.1 Å². The van der Waals surface area contributed by atoms with Gasteiger partial charge in [-0.2, -0.15) is 0 Å². The van der Waals surface area contributed by atoms with Crippen molar-refractivity contribution in [2.75, 3.05) is 13.7 Å². The average molecular weight is 244 g/mol. The summed E-state index contributed by atoms with van der Waals surface area (Å²) >= 11 is 0. The first-order chi connectivity index (χ1) is 8.70. The van der Waals surface area contributed by atoms with Crippen molar-refractivity contribution in [2.24, 2.45) is 0 Å². The predicted molar refractivity (Wildman–Crippen MR) is 74.6 cm³/mol. The molecule has 96 valence electrons. The second-order valence-corrected chi connectivity index (χ2v) is 4.68. The molecular formula is C15H20N2O. The Morgan fingerprint density at radius 1 is 1.28 bits per heavy atom. The average Bonchev–Trinajstić information content (AvgIpc) is 2.39. The summed E-state index contributed by atoms with van der Waals surface area (Å²) in [6, 6.07) is 10.6. The highest BCUT2D eigenvalue weighted by molar-refractivity contribution is 5.78. The summed E-state index contributed by atoms with van der Waals surface area (Å²) in [5.41, 5.74) is 2.24. The van der Waals surface area contributed by atoms with E-state index in [1.165, 1.54) is 10.9 Å². The number of aromatic nitrogens is 1. The van der Waals surface area contributed by atoms with Gasteiger partial charge in [0.15, 0.2) is 0 Å². The Bertz CT molecular complexity index is 511. The SMILES string of the molecule is CNC(COC(C)C)c1ccc2cccnc2c1. The number of hydrogen-bond donors (Lipinski definition) is 1. The minimum Gasteiger partial charge on any atom is -0.377 e. The number of fused-ring (bicyclic) bond motifs is 1. The molecule has 0 saturated heterocycles. The molecule has 0 spiro atoms. The molecule has 0 amide bonds. The highest BCUT2D eigenvalue weighted by Gasteiger charge is 2.11. The summed E-state index contributed by atoms with van der Waals surface area (Å²) in [6.45, 7) is 4.77. The standard InChI is InChI=1S/C15H20N2O/c1-11(2)18-10-15(16-3)13-7-6-12-5-4-8-17-14(12)9-13/h4-9,11,15-16H,10H2,1-3H3. The zero-order valence-corrected chi connectivity index (χ0v) is 11.2. The van der Waals surface area contributed by atoms with Crippen molar-refractivity contribution >= 4 is 10.9 Å². The summed E-state index contributed by atoms with van der Waals surface area (Å²) < 4.78 is 5.68. The van der Waals surface area contributed by atoms with Crippen LogP contribution in [-0.4, -0.2) is 24.7 Å². The summed E-state index contributed by atoms with van der Waals surface area (Å²) in [7, 11) is 1.96. The van der Waals surface area contributed by atoms with E-state index in [0.29, 0.717) is 6.61 Å². The first-order valence-corrected chi connectivity index (χ1v) is 6.34. The van der Waals surface area contributed by atoms with E-state index in [2.05, 4.69) is 48.4 Å². The molecule has 0 saturated carbocycles. The number of nitrogens with one attached hydrogen (secondary N) is 1. The van der Waals surface area contributed by atoms with Gasteiger partial charge in [0.2, 0.25) is 0 Å². The smallest absolute Gasteiger partial charge is 0.0705 e. The highest BCUT2D eigenvalue weighted by atomic mass is 16.5. The zero-order valence-electron chi connectivity index (χ0n) is 11.2. The molecule has 0 aliphatic heterocycles. The Labute approximate surface area is 108 Å². The Hall–Kier alpha value is -1.45. The van der Waals surface area contributed by atoms with Gasteiger partial charge in [0.25, 0.3) is 0 Å². The molecule has 18 heavy (non-hydrogen) atoms. The minimum absolute atomic E-state index is 0.207. The van der Waals surface area contributed by atoms with Crippen LogP contribution in [-0.2, 0) is 4.74 Å². The molecule has 1 unspecified atom stereocenters. The van der Waals surface area contributed by atoms with Gasteiger partial charge < -0.3 is 10.1 Å². The first kappa shape index (κ1) is 13.0. The molecule has 3 heteroatoms. The fourth-order valence-corrected chi connectivity index (χ4v) is 1.94. The van der Waals surface area contributed by atoms with Gasteiger partial charge in [-0.25, -0.2) is 0 Å². The summed E-state index contributed by atoms with van der Waals surface area (Å²) in [5.74, 6) is 0. The topological polar surface area (TPSA) is 34.1 Å². The van der Waals surface area contributed by atoms with Gasteiger partial charge in [0, 0.05) is 11.6 Å². The molecule has 0 aliphatic rings. The number of hydrogen-bond acceptors (Lipinski definition) is 3. The molecule has 1 N–H and O–H groups in total. The molecule has 2 aromatic rings.